The molecule has 0 aliphatic heterocycles. The molecule has 2 aromatic rings. The molecule has 1 aromatic carbocycles. The van der Waals surface area contributed by atoms with Gasteiger partial charge in [0.05, 0.1) is 22.9 Å². The van der Waals surface area contributed by atoms with E-state index in [-0.39, 0.29) is 22.6 Å². The van der Waals surface area contributed by atoms with Gasteiger partial charge in [0.25, 0.3) is 10.0 Å². The van der Waals surface area contributed by atoms with Crippen LogP contribution in [0.1, 0.15) is 13.8 Å². The highest BCUT2D eigenvalue weighted by molar-refractivity contribution is 7.92. The fourth-order valence-corrected chi connectivity index (χ4v) is 2.67. The number of pyridine rings is 1. The predicted octanol–water partition coefficient (Wildman–Crippen LogP) is 2.95. The van der Waals surface area contributed by atoms with E-state index in [0.717, 1.165) is 24.3 Å². The molecule has 0 amide bonds. The number of carbonyl (C=O) groups is 1. The number of ether oxygens (including phenoxy) is 2. The van der Waals surface area contributed by atoms with Gasteiger partial charge >= 0.3 is 6.16 Å². The molecule has 0 spiro atoms. The van der Waals surface area contributed by atoms with Gasteiger partial charge in [-0.05, 0) is 44.2 Å². The highest BCUT2D eigenvalue weighted by Gasteiger charge is 2.15. The molecule has 9 heteroatoms. The van der Waals surface area contributed by atoms with Crippen LogP contribution in [0, 0.1) is 5.82 Å². The number of halogens is 1. The van der Waals surface area contributed by atoms with Gasteiger partial charge in [-0.25, -0.2) is 22.6 Å². The van der Waals surface area contributed by atoms with Crippen molar-refractivity contribution in [2.45, 2.75) is 24.8 Å². The molecule has 0 radical (unpaired) electrons. The van der Waals surface area contributed by atoms with Crippen molar-refractivity contribution in [2.75, 3.05) is 4.72 Å². The maximum atomic E-state index is 12.9. The Bertz CT molecular complexity index is 805. The second-order valence-electron chi connectivity index (χ2n) is 4.96. The SMILES string of the molecule is CC(C)OC(=O)Oc1ccc(NS(=O)(=O)c2ccc(F)cc2)cn1. The Balaban J connectivity index is 2.05. The van der Waals surface area contributed by atoms with E-state index in [2.05, 4.69) is 9.71 Å². The minimum absolute atomic E-state index is 0.0367. The number of benzene rings is 1. The lowest BCUT2D eigenvalue weighted by atomic mass is 10.4. The third-order valence-corrected chi connectivity index (χ3v) is 4.03. The summed E-state index contributed by atoms with van der Waals surface area (Å²) in [5.74, 6) is -0.573. The van der Waals surface area contributed by atoms with E-state index in [1.165, 1.54) is 18.3 Å². The van der Waals surface area contributed by atoms with Crippen molar-refractivity contribution < 1.29 is 27.1 Å². The van der Waals surface area contributed by atoms with Gasteiger partial charge in [-0.15, -0.1) is 0 Å². The highest BCUT2D eigenvalue weighted by atomic mass is 32.2. The Morgan fingerprint density at radius 3 is 2.38 bits per heavy atom. The zero-order chi connectivity index (χ0) is 17.7. The van der Waals surface area contributed by atoms with Crippen LogP contribution in [0.5, 0.6) is 5.88 Å². The lowest BCUT2D eigenvalue weighted by Gasteiger charge is -2.09. The minimum Gasteiger partial charge on any atom is -0.431 e. The Hall–Kier alpha value is -2.68. The van der Waals surface area contributed by atoms with Crippen LogP contribution in [0.2, 0.25) is 0 Å². The van der Waals surface area contributed by atoms with Crippen molar-refractivity contribution >= 4 is 21.9 Å². The van der Waals surface area contributed by atoms with Crippen LogP contribution < -0.4 is 9.46 Å². The van der Waals surface area contributed by atoms with E-state index in [1.54, 1.807) is 13.8 Å². The average Bonchev–Trinajstić information content (AvgIpc) is 2.48. The summed E-state index contributed by atoms with van der Waals surface area (Å²) in [5, 5.41) is 0. The molecule has 1 aromatic heterocycles. The largest absolute Gasteiger partial charge is 0.515 e. The van der Waals surface area contributed by atoms with Crippen LogP contribution in [-0.4, -0.2) is 25.7 Å². The second kappa shape index (κ2) is 7.26. The average molecular weight is 354 g/mol. The first-order valence-electron chi connectivity index (χ1n) is 6.89. The van der Waals surface area contributed by atoms with E-state index >= 15 is 0 Å². The maximum absolute atomic E-state index is 12.9. The van der Waals surface area contributed by atoms with Crippen molar-refractivity contribution in [3.8, 4) is 5.88 Å². The zero-order valence-electron chi connectivity index (χ0n) is 12.9. The number of sulfonamides is 1. The van der Waals surface area contributed by atoms with E-state index in [4.69, 9.17) is 9.47 Å². The van der Waals surface area contributed by atoms with Gasteiger partial charge in [-0.1, -0.05) is 0 Å². The molecule has 0 fully saturated rings. The fraction of sp³-hybridized carbons (Fsp3) is 0.200. The number of nitrogens with one attached hydrogen (secondary N) is 1. The van der Waals surface area contributed by atoms with Crippen molar-refractivity contribution in [1.29, 1.82) is 0 Å². The normalized spacial score (nSPS) is 11.2. The number of anilines is 1. The molecular weight excluding hydrogens is 339 g/mol. The highest BCUT2D eigenvalue weighted by Crippen LogP contribution is 2.18. The maximum Gasteiger partial charge on any atom is 0.515 e. The van der Waals surface area contributed by atoms with Gasteiger partial charge < -0.3 is 9.47 Å². The number of nitrogens with zero attached hydrogens (tertiary/aromatic N) is 1. The van der Waals surface area contributed by atoms with Crippen molar-refractivity contribution in [3.05, 3.63) is 48.4 Å². The Labute approximate surface area is 138 Å². The van der Waals surface area contributed by atoms with Crippen molar-refractivity contribution in [1.82, 2.24) is 4.98 Å². The smallest absolute Gasteiger partial charge is 0.431 e. The predicted molar refractivity (Wildman–Crippen MR) is 83.7 cm³/mol. The molecule has 128 valence electrons. The van der Waals surface area contributed by atoms with Gasteiger partial charge in [-0.3, -0.25) is 4.72 Å². The lowest BCUT2D eigenvalue weighted by Crippen LogP contribution is -2.16. The van der Waals surface area contributed by atoms with Crippen LogP contribution in [0.3, 0.4) is 0 Å². The summed E-state index contributed by atoms with van der Waals surface area (Å²) >= 11 is 0. The summed E-state index contributed by atoms with van der Waals surface area (Å²) in [7, 11) is -3.87. The third-order valence-electron chi connectivity index (χ3n) is 2.63. The topological polar surface area (TPSA) is 94.6 Å². The molecule has 0 aliphatic rings. The molecule has 7 nitrogen and oxygen atoms in total. The fourth-order valence-electron chi connectivity index (χ4n) is 1.63. The molecule has 2 rings (SSSR count). The second-order valence-corrected chi connectivity index (χ2v) is 6.65. The lowest BCUT2D eigenvalue weighted by molar-refractivity contribution is 0.0716. The van der Waals surface area contributed by atoms with Crippen molar-refractivity contribution in [2.24, 2.45) is 0 Å². The summed E-state index contributed by atoms with van der Waals surface area (Å²) < 4.78 is 49.0. The van der Waals surface area contributed by atoms with Crippen LogP contribution in [0.4, 0.5) is 14.9 Å². The van der Waals surface area contributed by atoms with Gasteiger partial charge in [0, 0.05) is 6.07 Å². The molecular formula is C15H15FN2O5S. The monoisotopic (exact) mass is 354 g/mol. The van der Waals surface area contributed by atoms with Crippen LogP contribution >= 0.6 is 0 Å². The Kier molecular flexibility index (Phi) is 5.35. The number of hydrogen-bond donors (Lipinski definition) is 1. The molecule has 1 heterocycles. The quantitative estimate of drug-likeness (QED) is 0.830. The molecule has 0 saturated carbocycles. The summed E-state index contributed by atoms with van der Waals surface area (Å²) in [6.07, 6.45) is -0.0598. The number of hydrogen-bond acceptors (Lipinski definition) is 6. The van der Waals surface area contributed by atoms with E-state index in [0.29, 0.717) is 0 Å². The molecule has 24 heavy (non-hydrogen) atoms. The Morgan fingerprint density at radius 1 is 1.17 bits per heavy atom. The standard InChI is InChI=1S/C15H15FN2O5S/c1-10(2)22-15(19)23-14-8-5-12(9-17-14)18-24(20,21)13-6-3-11(16)4-7-13/h3-10,18H,1-2H3. The summed E-state index contributed by atoms with van der Waals surface area (Å²) in [5.41, 5.74) is 0.156. The van der Waals surface area contributed by atoms with Gasteiger partial charge in [0.1, 0.15) is 5.82 Å². The zero-order valence-corrected chi connectivity index (χ0v) is 13.7. The number of aromatic nitrogens is 1. The van der Waals surface area contributed by atoms with Gasteiger partial charge in [-0.2, -0.15) is 0 Å². The minimum atomic E-state index is -3.87. The summed E-state index contributed by atoms with van der Waals surface area (Å²) in [4.78, 5) is 15.0. The molecule has 0 unspecified atom stereocenters. The summed E-state index contributed by atoms with van der Waals surface area (Å²) in [6.45, 7) is 3.34. The van der Waals surface area contributed by atoms with Gasteiger partial charge in [0.2, 0.25) is 5.88 Å². The van der Waals surface area contributed by atoms with Gasteiger partial charge in [0.15, 0.2) is 0 Å². The van der Waals surface area contributed by atoms with E-state index in [1.807, 2.05) is 0 Å². The molecule has 0 bridgehead atoms. The Morgan fingerprint density at radius 2 is 1.83 bits per heavy atom. The van der Waals surface area contributed by atoms with Crippen molar-refractivity contribution in [3.63, 3.8) is 0 Å². The van der Waals surface area contributed by atoms with Crippen LogP contribution in [-0.2, 0) is 14.8 Å². The van der Waals surface area contributed by atoms with E-state index < -0.39 is 22.0 Å². The van der Waals surface area contributed by atoms with E-state index in [9.17, 15) is 17.6 Å². The van der Waals surface area contributed by atoms with Crippen LogP contribution in [0.15, 0.2) is 47.5 Å². The molecule has 0 saturated heterocycles. The third kappa shape index (κ3) is 4.92. The summed E-state index contributed by atoms with van der Waals surface area (Å²) in [6, 6.07) is 7.05. The molecule has 0 aliphatic carbocycles. The first-order chi connectivity index (χ1) is 11.3. The molecule has 0 atom stereocenters. The first-order valence-corrected chi connectivity index (χ1v) is 8.37. The molecule has 1 N–H and O–H groups in total. The first kappa shape index (κ1) is 17.7. The van der Waals surface area contributed by atoms with Crippen LogP contribution in [0.25, 0.3) is 0 Å². The number of rotatable bonds is 5. The number of carbonyl (C=O) groups excluding carboxylic acids is 1.